The summed E-state index contributed by atoms with van der Waals surface area (Å²) in [6, 6.07) is 0.823. The summed E-state index contributed by atoms with van der Waals surface area (Å²) in [4.78, 5) is 5.48. The van der Waals surface area contributed by atoms with E-state index in [4.69, 9.17) is 0 Å². The van der Waals surface area contributed by atoms with Gasteiger partial charge in [-0.1, -0.05) is 20.8 Å². The van der Waals surface area contributed by atoms with Gasteiger partial charge in [-0.2, -0.15) is 0 Å². The van der Waals surface area contributed by atoms with Gasteiger partial charge in [0.25, 0.3) is 0 Å². The van der Waals surface area contributed by atoms with E-state index in [-0.39, 0.29) is 12.4 Å². The zero-order chi connectivity index (χ0) is 15.6. The summed E-state index contributed by atoms with van der Waals surface area (Å²) in [5.74, 6) is 1.92. The molecule has 3 nitrogen and oxygen atoms in total. The normalized spacial score (nSPS) is 34.3. The molecule has 1 aliphatic carbocycles. The van der Waals surface area contributed by atoms with Crippen molar-refractivity contribution in [2.75, 3.05) is 45.8 Å². The van der Waals surface area contributed by atoms with E-state index in [1.165, 1.54) is 77.9 Å². The fraction of sp³-hybridized carbons (Fsp3) is 1.00. The van der Waals surface area contributed by atoms with E-state index >= 15 is 0 Å². The number of hydrogen-bond acceptors (Lipinski definition) is 3. The van der Waals surface area contributed by atoms with Gasteiger partial charge in [0, 0.05) is 45.3 Å². The fourth-order valence-corrected chi connectivity index (χ4v) is 4.84. The lowest BCUT2D eigenvalue weighted by Crippen LogP contribution is -2.51. The first-order valence-electron chi connectivity index (χ1n) is 9.69. The van der Waals surface area contributed by atoms with E-state index in [1.807, 2.05) is 0 Å². The summed E-state index contributed by atoms with van der Waals surface area (Å²) in [5, 5.41) is 3.51. The number of rotatable bonds is 3. The monoisotopic (exact) mass is 343 g/mol. The molecule has 0 aromatic carbocycles. The smallest absolute Gasteiger partial charge is 0.0233 e. The molecule has 2 heterocycles. The molecule has 1 N–H and O–H groups in total. The number of nitrogens with one attached hydrogen (secondary N) is 1. The summed E-state index contributed by atoms with van der Waals surface area (Å²) in [7, 11) is 0. The lowest BCUT2D eigenvalue weighted by Gasteiger charge is -2.41. The second-order valence-corrected chi connectivity index (χ2v) is 9.07. The summed E-state index contributed by atoms with van der Waals surface area (Å²) < 4.78 is 0. The zero-order valence-corrected chi connectivity index (χ0v) is 16.3. The lowest BCUT2D eigenvalue weighted by molar-refractivity contribution is 0.0740. The van der Waals surface area contributed by atoms with Crippen molar-refractivity contribution in [2.45, 2.75) is 58.9 Å². The van der Waals surface area contributed by atoms with Crippen LogP contribution in [0.5, 0.6) is 0 Å². The minimum atomic E-state index is 0. The molecule has 3 rings (SSSR count). The van der Waals surface area contributed by atoms with Crippen LogP contribution in [0, 0.1) is 17.3 Å². The van der Waals surface area contributed by atoms with E-state index in [9.17, 15) is 0 Å². The van der Waals surface area contributed by atoms with Crippen LogP contribution in [0.1, 0.15) is 52.9 Å². The van der Waals surface area contributed by atoms with Gasteiger partial charge < -0.3 is 10.2 Å². The summed E-state index contributed by atoms with van der Waals surface area (Å²) in [6.07, 6.45) is 7.21. The van der Waals surface area contributed by atoms with E-state index in [2.05, 4.69) is 35.9 Å². The molecule has 3 aliphatic rings. The average Bonchev–Trinajstić information content (AvgIpc) is 3.02. The molecule has 0 amide bonds. The number of nitrogens with zero attached hydrogens (tertiary/aromatic N) is 2. The topological polar surface area (TPSA) is 18.5 Å². The van der Waals surface area contributed by atoms with Crippen molar-refractivity contribution >= 4 is 12.4 Å². The van der Waals surface area contributed by atoms with Gasteiger partial charge in [0.05, 0.1) is 0 Å². The van der Waals surface area contributed by atoms with Crippen LogP contribution in [0.3, 0.4) is 0 Å². The Balaban J connectivity index is 0.00000192. The largest absolute Gasteiger partial charge is 0.315 e. The van der Waals surface area contributed by atoms with Crippen LogP contribution >= 0.6 is 12.4 Å². The molecule has 0 radical (unpaired) electrons. The van der Waals surface area contributed by atoms with Crippen molar-refractivity contribution in [1.29, 1.82) is 0 Å². The third-order valence-electron chi connectivity index (χ3n) is 6.55. The summed E-state index contributed by atoms with van der Waals surface area (Å²) >= 11 is 0. The third-order valence-corrected chi connectivity index (χ3v) is 6.55. The van der Waals surface area contributed by atoms with Crippen molar-refractivity contribution < 1.29 is 0 Å². The Hall–Kier alpha value is 0.170. The highest BCUT2D eigenvalue weighted by molar-refractivity contribution is 5.85. The minimum absolute atomic E-state index is 0. The van der Waals surface area contributed by atoms with Gasteiger partial charge in [0.2, 0.25) is 0 Å². The van der Waals surface area contributed by atoms with Gasteiger partial charge in [0.1, 0.15) is 0 Å². The molecule has 2 aliphatic heterocycles. The highest BCUT2D eigenvalue weighted by atomic mass is 35.5. The van der Waals surface area contributed by atoms with Crippen LogP contribution in [0.4, 0.5) is 0 Å². The summed E-state index contributed by atoms with van der Waals surface area (Å²) in [5.41, 5.74) is 0.520. The molecule has 2 saturated heterocycles. The van der Waals surface area contributed by atoms with Crippen molar-refractivity contribution in [2.24, 2.45) is 17.3 Å². The van der Waals surface area contributed by atoms with Crippen LogP contribution in [-0.2, 0) is 0 Å². The molecule has 1 unspecified atom stereocenters. The van der Waals surface area contributed by atoms with Gasteiger partial charge in [-0.25, -0.2) is 0 Å². The molecule has 0 bridgehead atoms. The SMILES string of the molecule is CC(C)(C)C1CCC(CN2CCN(C3CCNC3)CC2)CC1.Cl. The Labute approximate surface area is 150 Å². The molecular weight excluding hydrogens is 306 g/mol. The van der Waals surface area contributed by atoms with Gasteiger partial charge in [0.15, 0.2) is 0 Å². The Morgan fingerprint density at radius 2 is 1.57 bits per heavy atom. The predicted molar refractivity (Wildman–Crippen MR) is 101 cm³/mol. The first kappa shape index (κ1) is 19.5. The van der Waals surface area contributed by atoms with Gasteiger partial charge >= 0.3 is 0 Å². The van der Waals surface area contributed by atoms with E-state index in [1.54, 1.807) is 0 Å². The molecule has 23 heavy (non-hydrogen) atoms. The molecule has 3 fully saturated rings. The maximum absolute atomic E-state index is 3.51. The van der Waals surface area contributed by atoms with E-state index in [0.717, 1.165) is 17.9 Å². The van der Waals surface area contributed by atoms with Crippen LogP contribution in [-0.4, -0.2) is 61.7 Å². The van der Waals surface area contributed by atoms with Crippen molar-refractivity contribution in [3.05, 3.63) is 0 Å². The molecular formula is C19H38ClN3. The van der Waals surface area contributed by atoms with Crippen LogP contribution < -0.4 is 5.32 Å². The van der Waals surface area contributed by atoms with E-state index in [0.29, 0.717) is 5.41 Å². The standard InChI is InChI=1S/C19H37N3.ClH/c1-19(2,3)17-6-4-16(5-7-17)15-21-10-12-22(13-11-21)18-8-9-20-14-18;/h16-18,20H,4-15H2,1-3H3;1H. The highest BCUT2D eigenvalue weighted by Gasteiger charge is 2.31. The Bertz CT molecular complexity index is 333. The van der Waals surface area contributed by atoms with Gasteiger partial charge in [-0.15, -0.1) is 12.4 Å². The predicted octanol–water partition coefficient (Wildman–Crippen LogP) is 3.24. The molecule has 4 heteroatoms. The first-order chi connectivity index (χ1) is 10.5. The Morgan fingerprint density at radius 3 is 2.09 bits per heavy atom. The van der Waals surface area contributed by atoms with Crippen LogP contribution in [0.25, 0.3) is 0 Å². The number of halogens is 1. The van der Waals surface area contributed by atoms with Crippen molar-refractivity contribution in [3.8, 4) is 0 Å². The van der Waals surface area contributed by atoms with Gasteiger partial charge in [-0.05, 0) is 55.9 Å². The Kier molecular flexibility index (Phi) is 7.21. The molecule has 1 atom stereocenters. The maximum atomic E-state index is 3.51. The molecule has 136 valence electrons. The highest BCUT2D eigenvalue weighted by Crippen LogP contribution is 2.40. The second kappa shape index (κ2) is 8.51. The second-order valence-electron chi connectivity index (χ2n) is 9.07. The molecule has 1 saturated carbocycles. The lowest BCUT2D eigenvalue weighted by atomic mass is 9.70. The number of hydrogen-bond donors (Lipinski definition) is 1. The van der Waals surface area contributed by atoms with Crippen molar-refractivity contribution in [3.63, 3.8) is 0 Å². The molecule has 0 spiro atoms. The van der Waals surface area contributed by atoms with Gasteiger partial charge in [-0.3, -0.25) is 4.90 Å². The maximum Gasteiger partial charge on any atom is 0.0233 e. The van der Waals surface area contributed by atoms with E-state index < -0.39 is 0 Å². The third kappa shape index (κ3) is 5.32. The summed E-state index contributed by atoms with van der Waals surface area (Å²) in [6.45, 7) is 16.3. The van der Waals surface area contributed by atoms with Crippen LogP contribution in [0.2, 0.25) is 0 Å². The first-order valence-corrected chi connectivity index (χ1v) is 9.69. The van der Waals surface area contributed by atoms with Crippen LogP contribution in [0.15, 0.2) is 0 Å². The van der Waals surface area contributed by atoms with Crippen molar-refractivity contribution in [1.82, 2.24) is 15.1 Å². The molecule has 0 aromatic heterocycles. The quantitative estimate of drug-likeness (QED) is 0.848. The minimum Gasteiger partial charge on any atom is -0.315 e. The average molecular weight is 344 g/mol. The number of piperazine rings is 1. The molecule has 0 aromatic rings. The fourth-order valence-electron chi connectivity index (χ4n) is 4.84. The Morgan fingerprint density at radius 1 is 0.913 bits per heavy atom. The zero-order valence-electron chi connectivity index (χ0n) is 15.5.